The number of halogens is 3. The highest BCUT2D eigenvalue weighted by molar-refractivity contribution is 9.10. The molecule has 0 spiro atoms. The predicted octanol–water partition coefficient (Wildman–Crippen LogP) is 4.21. The molecular weight excluding hydrogens is 425 g/mol. The average Bonchev–Trinajstić information content (AvgIpc) is 2.46. The fourth-order valence-electron chi connectivity index (χ4n) is 2.68. The third kappa shape index (κ3) is 4.27. The summed E-state index contributed by atoms with van der Waals surface area (Å²) >= 11 is 6.62. The van der Waals surface area contributed by atoms with Crippen LogP contribution in [-0.4, -0.2) is 20.3 Å². The zero-order valence-corrected chi connectivity index (χ0v) is 15.5. The van der Waals surface area contributed by atoms with Gasteiger partial charge in [0.2, 0.25) is 10.0 Å². The normalized spacial score (nSPS) is 18.6. The van der Waals surface area contributed by atoms with E-state index in [9.17, 15) is 12.8 Å². The molecule has 0 atom stereocenters. The Labute approximate surface area is 142 Å². The topological polar surface area (TPSA) is 46.2 Å². The Balaban J connectivity index is 2.13. The van der Waals surface area contributed by atoms with Gasteiger partial charge in [0, 0.05) is 16.3 Å². The number of sulfonamides is 1. The first kappa shape index (κ1) is 17.4. The summed E-state index contributed by atoms with van der Waals surface area (Å²) in [7, 11) is -3.82. The maximum atomic E-state index is 13.8. The van der Waals surface area contributed by atoms with Crippen LogP contribution in [0.3, 0.4) is 0 Å². The first-order valence-electron chi connectivity index (χ1n) is 6.89. The van der Waals surface area contributed by atoms with E-state index in [0.717, 1.165) is 37.1 Å². The van der Waals surface area contributed by atoms with E-state index >= 15 is 0 Å². The fraction of sp³-hybridized carbons (Fsp3) is 0.571. The standard InChI is InChI=1S/C14H18Br2FNO2S/c15-9-14(6-2-1-3-7-14)10-18-21(19,20)13-5-4-11(16)8-12(13)17/h4-5,8,18H,1-3,6-7,9-10H2. The van der Waals surface area contributed by atoms with Crippen LogP contribution in [0.1, 0.15) is 32.1 Å². The number of alkyl halides is 1. The molecule has 3 nitrogen and oxygen atoms in total. The van der Waals surface area contributed by atoms with Crippen LogP contribution >= 0.6 is 31.9 Å². The Morgan fingerprint density at radius 2 is 1.90 bits per heavy atom. The number of hydrogen-bond acceptors (Lipinski definition) is 2. The number of benzene rings is 1. The van der Waals surface area contributed by atoms with E-state index in [1.807, 2.05) is 0 Å². The van der Waals surface area contributed by atoms with Crippen LogP contribution in [0, 0.1) is 11.2 Å². The van der Waals surface area contributed by atoms with Gasteiger partial charge in [0.15, 0.2) is 0 Å². The lowest BCUT2D eigenvalue weighted by Crippen LogP contribution is -2.40. The number of rotatable bonds is 5. The quantitative estimate of drug-likeness (QED) is 0.694. The summed E-state index contributed by atoms with van der Waals surface area (Å²) in [5.41, 5.74) is -0.0584. The van der Waals surface area contributed by atoms with E-state index in [2.05, 4.69) is 36.6 Å². The van der Waals surface area contributed by atoms with Crippen LogP contribution in [0.15, 0.2) is 27.6 Å². The van der Waals surface area contributed by atoms with Crippen molar-refractivity contribution in [3.05, 3.63) is 28.5 Å². The largest absolute Gasteiger partial charge is 0.243 e. The zero-order chi connectivity index (χ0) is 15.5. The lowest BCUT2D eigenvalue weighted by Gasteiger charge is -2.35. The lowest BCUT2D eigenvalue weighted by molar-refractivity contribution is 0.227. The second-order valence-corrected chi connectivity index (χ2v) is 8.81. The van der Waals surface area contributed by atoms with Gasteiger partial charge in [-0.1, -0.05) is 51.1 Å². The van der Waals surface area contributed by atoms with Crippen molar-refractivity contribution in [2.24, 2.45) is 5.41 Å². The third-order valence-electron chi connectivity index (χ3n) is 4.02. The SMILES string of the molecule is O=S(=O)(NCC1(CBr)CCCCC1)c1ccc(Br)cc1F. The molecule has 1 saturated carbocycles. The van der Waals surface area contributed by atoms with Gasteiger partial charge < -0.3 is 0 Å². The Hall–Kier alpha value is 0.0200. The van der Waals surface area contributed by atoms with Crippen LogP contribution in [0.25, 0.3) is 0 Å². The maximum absolute atomic E-state index is 13.8. The molecule has 1 aromatic carbocycles. The van der Waals surface area contributed by atoms with Gasteiger partial charge in [0.1, 0.15) is 10.7 Å². The molecule has 0 heterocycles. The molecule has 21 heavy (non-hydrogen) atoms. The summed E-state index contributed by atoms with van der Waals surface area (Å²) in [6.07, 6.45) is 5.40. The number of hydrogen-bond donors (Lipinski definition) is 1. The molecule has 118 valence electrons. The summed E-state index contributed by atoms with van der Waals surface area (Å²) < 4.78 is 41.5. The van der Waals surface area contributed by atoms with Gasteiger partial charge in [0.05, 0.1) is 0 Å². The molecule has 0 radical (unpaired) electrons. The number of nitrogens with one attached hydrogen (secondary N) is 1. The summed E-state index contributed by atoms with van der Waals surface area (Å²) in [6, 6.07) is 3.97. The molecule has 0 bridgehead atoms. The Morgan fingerprint density at radius 1 is 1.24 bits per heavy atom. The van der Waals surface area contributed by atoms with Gasteiger partial charge in [-0.05, 0) is 36.5 Å². The van der Waals surface area contributed by atoms with Crippen LogP contribution in [-0.2, 0) is 10.0 Å². The summed E-state index contributed by atoms with van der Waals surface area (Å²) in [6.45, 7) is 0.343. The van der Waals surface area contributed by atoms with Crippen LogP contribution < -0.4 is 4.72 Å². The van der Waals surface area contributed by atoms with E-state index in [1.165, 1.54) is 18.6 Å². The summed E-state index contributed by atoms with van der Waals surface area (Å²) in [5.74, 6) is -0.742. The molecule has 2 rings (SSSR count). The van der Waals surface area contributed by atoms with Crippen molar-refractivity contribution >= 4 is 41.9 Å². The van der Waals surface area contributed by atoms with Gasteiger partial charge in [-0.25, -0.2) is 17.5 Å². The highest BCUT2D eigenvalue weighted by atomic mass is 79.9. The van der Waals surface area contributed by atoms with Crippen LogP contribution in [0.5, 0.6) is 0 Å². The highest BCUT2D eigenvalue weighted by Gasteiger charge is 2.33. The lowest BCUT2D eigenvalue weighted by atomic mass is 9.76. The van der Waals surface area contributed by atoms with Gasteiger partial charge >= 0.3 is 0 Å². The Morgan fingerprint density at radius 3 is 2.48 bits per heavy atom. The van der Waals surface area contributed by atoms with E-state index in [4.69, 9.17) is 0 Å². The molecular formula is C14H18Br2FNO2S. The van der Waals surface area contributed by atoms with Crippen molar-refractivity contribution in [2.45, 2.75) is 37.0 Å². The summed E-state index contributed by atoms with van der Waals surface area (Å²) in [5, 5.41) is 0.755. The van der Waals surface area contributed by atoms with Crippen molar-refractivity contribution in [3.8, 4) is 0 Å². The van der Waals surface area contributed by atoms with Crippen LogP contribution in [0.2, 0.25) is 0 Å². The average molecular weight is 443 g/mol. The maximum Gasteiger partial charge on any atom is 0.243 e. The van der Waals surface area contributed by atoms with Gasteiger partial charge in [-0.2, -0.15) is 0 Å². The molecule has 1 aliphatic carbocycles. The molecule has 1 N–H and O–H groups in total. The minimum atomic E-state index is -3.82. The summed E-state index contributed by atoms with van der Waals surface area (Å²) in [4.78, 5) is -0.300. The molecule has 1 fully saturated rings. The third-order valence-corrected chi connectivity index (χ3v) is 7.14. The van der Waals surface area contributed by atoms with Crippen LogP contribution in [0.4, 0.5) is 4.39 Å². The first-order chi connectivity index (χ1) is 9.88. The fourth-order valence-corrected chi connectivity index (χ4v) is 4.99. The van der Waals surface area contributed by atoms with E-state index in [1.54, 1.807) is 0 Å². The van der Waals surface area contributed by atoms with Gasteiger partial charge in [-0.3, -0.25) is 0 Å². The molecule has 7 heteroatoms. The molecule has 0 saturated heterocycles. The molecule has 0 amide bonds. The first-order valence-corrected chi connectivity index (χ1v) is 10.3. The Bertz CT molecular complexity index is 601. The van der Waals surface area contributed by atoms with Crippen molar-refractivity contribution in [1.82, 2.24) is 4.72 Å². The zero-order valence-electron chi connectivity index (χ0n) is 11.5. The van der Waals surface area contributed by atoms with E-state index in [-0.39, 0.29) is 10.3 Å². The smallest absolute Gasteiger partial charge is 0.210 e. The molecule has 0 aromatic heterocycles. The van der Waals surface area contributed by atoms with E-state index in [0.29, 0.717) is 11.0 Å². The minimum absolute atomic E-state index is 0.0584. The minimum Gasteiger partial charge on any atom is -0.210 e. The second kappa shape index (κ2) is 7.06. The van der Waals surface area contributed by atoms with Crippen molar-refractivity contribution in [1.29, 1.82) is 0 Å². The van der Waals surface area contributed by atoms with Crippen molar-refractivity contribution in [3.63, 3.8) is 0 Å². The van der Waals surface area contributed by atoms with Crippen molar-refractivity contribution < 1.29 is 12.8 Å². The van der Waals surface area contributed by atoms with Gasteiger partial charge in [-0.15, -0.1) is 0 Å². The highest BCUT2D eigenvalue weighted by Crippen LogP contribution is 2.37. The predicted molar refractivity (Wildman–Crippen MR) is 88.6 cm³/mol. The molecule has 1 aliphatic rings. The van der Waals surface area contributed by atoms with E-state index < -0.39 is 15.8 Å². The molecule has 0 unspecified atom stereocenters. The molecule has 1 aromatic rings. The van der Waals surface area contributed by atoms with Gasteiger partial charge in [0.25, 0.3) is 0 Å². The molecule has 0 aliphatic heterocycles. The monoisotopic (exact) mass is 441 g/mol. The second-order valence-electron chi connectivity index (χ2n) is 5.59. The van der Waals surface area contributed by atoms with Crippen molar-refractivity contribution in [2.75, 3.05) is 11.9 Å². The Kier molecular flexibility index (Phi) is 5.84.